The van der Waals surface area contributed by atoms with Gasteiger partial charge >= 0.3 is 0 Å². The van der Waals surface area contributed by atoms with E-state index in [-0.39, 0.29) is 0 Å². The molecular formula is C18H28N4O2. The van der Waals surface area contributed by atoms with Crippen molar-refractivity contribution in [1.82, 2.24) is 20.1 Å². The lowest BCUT2D eigenvalue weighted by atomic mass is 10.1. The summed E-state index contributed by atoms with van der Waals surface area (Å²) >= 11 is 0. The summed E-state index contributed by atoms with van der Waals surface area (Å²) in [5.41, 5.74) is 5.29. The van der Waals surface area contributed by atoms with Gasteiger partial charge in [-0.25, -0.2) is 4.68 Å². The number of nitrogens with zero attached hydrogens (tertiary/aromatic N) is 3. The first-order valence-corrected chi connectivity index (χ1v) is 8.20. The molecule has 2 heterocycles. The Morgan fingerprint density at radius 2 is 1.88 bits per heavy atom. The number of methoxy groups -OCH3 is 2. The second-order valence-corrected chi connectivity index (χ2v) is 6.30. The van der Waals surface area contributed by atoms with Gasteiger partial charge in [0.2, 0.25) is 5.88 Å². The lowest BCUT2D eigenvalue weighted by Gasteiger charge is -2.13. The number of aromatic nitrogens is 3. The number of ether oxygens (including phenoxy) is 2. The van der Waals surface area contributed by atoms with Crippen LogP contribution >= 0.6 is 0 Å². The molecule has 6 nitrogen and oxygen atoms in total. The third kappa shape index (κ3) is 3.53. The highest BCUT2D eigenvalue weighted by molar-refractivity contribution is 5.41. The maximum Gasteiger partial charge on any atom is 0.216 e. The maximum atomic E-state index is 5.51. The molecule has 132 valence electrons. The Morgan fingerprint density at radius 3 is 2.46 bits per heavy atom. The van der Waals surface area contributed by atoms with E-state index >= 15 is 0 Å². The smallest absolute Gasteiger partial charge is 0.216 e. The van der Waals surface area contributed by atoms with Gasteiger partial charge in [0.25, 0.3) is 0 Å². The zero-order valence-corrected chi connectivity index (χ0v) is 15.7. The van der Waals surface area contributed by atoms with Crippen molar-refractivity contribution in [1.29, 1.82) is 0 Å². The Bertz CT molecular complexity index is 708. The average Bonchev–Trinajstić information content (AvgIpc) is 2.86. The van der Waals surface area contributed by atoms with Crippen molar-refractivity contribution < 1.29 is 9.47 Å². The van der Waals surface area contributed by atoms with Crippen LogP contribution in [-0.4, -0.2) is 29.0 Å². The van der Waals surface area contributed by atoms with Crippen molar-refractivity contribution in [3.63, 3.8) is 0 Å². The molecule has 2 rings (SSSR count). The van der Waals surface area contributed by atoms with Crippen LogP contribution in [0.3, 0.4) is 0 Å². The summed E-state index contributed by atoms with van der Waals surface area (Å²) in [6, 6.07) is 0. The Kier molecular flexibility index (Phi) is 5.83. The van der Waals surface area contributed by atoms with E-state index in [4.69, 9.17) is 9.47 Å². The molecule has 0 aromatic carbocycles. The number of pyridine rings is 1. The number of rotatable bonds is 7. The summed E-state index contributed by atoms with van der Waals surface area (Å²) in [5, 5.41) is 8.04. The summed E-state index contributed by atoms with van der Waals surface area (Å²) in [6.07, 6.45) is 1.85. The van der Waals surface area contributed by atoms with Crippen LogP contribution < -0.4 is 14.8 Å². The molecule has 0 unspecified atom stereocenters. The molecular weight excluding hydrogens is 304 g/mol. The molecule has 2 aromatic rings. The SMILES string of the molecule is COc1c(C)cnc(CNCc2c(C(C)C)nn(C)c2OC)c1C. The van der Waals surface area contributed by atoms with Crippen LogP contribution in [0, 0.1) is 13.8 Å². The first-order valence-electron chi connectivity index (χ1n) is 8.20. The third-order valence-electron chi connectivity index (χ3n) is 4.20. The van der Waals surface area contributed by atoms with Gasteiger partial charge in [0.1, 0.15) is 5.75 Å². The van der Waals surface area contributed by atoms with Crippen LogP contribution in [0.4, 0.5) is 0 Å². The van der Waals surface area contributed by atoms with Crippen molar-refractivity contribution in [2.45, 2.75) is 46.7 Å². The molecule has 2 aromatic heterocycles. The molecule has 0 aliphatic carbocycles. The van der Waals surface area contributed by atoms with Crippen LogP contribution in [0.25, 0.3) is 0 Å². The highest BCUT2D eigenvalue weighted by Gasteiger charge is 2.19. The zero-order chi connectivity index (χ0) is 17.9. The van der Waals surface area contributed by atoms with Crippen molar-refractivity contribution in [2.75, 3.05) is 14.2 Å². The standard InChI is InChI=1S/C18H28N4O2/c1-11(2)16-14(18(24-7)22(5)21-16)9-19-10-15-13(4)17(23-6)12(3)8-20-15/h8,11,19H,9-10H2,1-7H3. The molecule has 0 radical (unpaired) electrons. The van der Waals surface area contributed by atoms with Gasteiger partial charge in [-0.2, -0.15) is 5.10 Å². The fourth-order valence-electron chi connectivity index (χ4n) is 3.01. The number of hydrogen-bond acceptors (Lipinski definition) is 5. The Hall–Kier alpha value is -2.08. The van der Waals surface area contributed by atoms with Gasteiger partial charge in [-0.05, 0) is 19.8 Å². The molecule has 0 aliphatic rings. The lowest BCUT2D eigenvalue weighted by Crippen LogP contribution is -2.16. The second kappa shape index (κ2) is 7.66. The summed E-state index contributed by atoms with van der Waals surface area (Å²) in [7, 11) is 5.29. The second-order valence-electron chi connectivity index (χ2n) is 6.30. The molecule has 24 heavy (non-hydrogen) atoms. The monoisotopic (exact) mass is 332 g/mol. The molecule has 0 saturated heterocycles. The fraction of sp³-hybridized carbons (Fsp3) is 0.556. The zero-order valence-electron chi connectivity index (χ0n) is 15.7. The summed E-state index contributed by atoms with van der Waals surface area (Å²) in [6.45, 7) is 9.68. The molecule has 0 saturated carbocycles. The van der Waals surface area contributed by atoms with Gasteiger partial charge in [0.05, 0.1) is 31.2 Å². The van der Waals surface area contributed by atoms with E-state index in [1.54, 1.807) is 18.9 Å². The molecule has 1 N–H and O–H groups in total. The topological polar surface area (TPSA) is 61.2 Å². The first kappa shape index (κ1) is 18.3. The quantitative estimate of drug-likeness (QED) is 0.845. The van der Waals surface area contributed by atoms with Crippen molar-refractivity contribution in [3.05, 3.63) is 34.3 Å². The van der Waals surface area contributed by atoms with E-state index in [9.17, 15) is 0 Å². The summed E-state index contributed by atoms with van der Waals surface area (Å²) in [4.78, 5) is 4.53. The average molecular weight is 332 g/mol. The van der Waals surface area contributed by atoms with Gasteiger partial charge < -0.3 is 14.8 Å². The Balaban J connectivity index is 2.16. The number of hydrogen-bond donors (Lipinski definition) is 1. The van der Waals surface area contributed by atoms with Crippen LogP contribution in [0.5, 0.6) is 11.6 Å². The predicted octanol–water partition coefficient (Wildman–Crippen LogP) is 2.86. The minimum atomic E-state index is 0.344. The lowest BCUT2D eigenvalue weighted by molar-refractivity contribution is 0.368. The van der Waals surface area contributed by atoms with Gasteiger partial charge in [0, 0.05) is 37.5 Å². The van der Waals surface area contributed by atoms with E-state index in [0.29, 0.717) is 19.0 Å². The van der Waals surface area contributed by atoms with Gasteiger partial charge in [-0.15, -0.1) is 0 Å². The highest BCUT2D eigenvalue weighted by Crippen LogP contribution is 2.27. The number of nitrogens with one attached hydrogen (secondary N) is 1. The Morgan fingerprint density at radius 1 is 1.17 bits per heavy atom. The highest BCUT2D eigenvalue weighted by atomic mass is 16.5. The molecule has 0 aliphatic heterocycles. The van der Waals surface area contributed by atoms with Crippen LogP contribution in [0.15, 0.2) is 6.20 Å². The minimum Gasteiger partial charge on any atom is -0.496 e. The van der Waals surface area contributed by atoms with Crippen LogP contribution in [0.1, 0.15) is 47.8 Å². The van der Waals surface area contributed by atoms with Crippen LogP contribution in [-0.2, 0) is 20.1 Å². The molecule has 0 fully saturated rings. The molecule has 0 atom stereocenters. The molecule has 0 amide bonds. The van der Waals surface area contributed by atoms with E-state index in [1.165, 1.54) is 0 Å². The minimum absolute atomic E-state index is 0.344. The van der Waals surface area contributed by atoms with E-state index in [0.717, 1.165) is 39.7 Å². The van der Waals surface area contributed by atoms with Crippen molar-refractivity contribution in [3.8, 4) is 11.6 Å². The first-order chi connectivity index (χ1) is 11.4. The molecule has 6 heteroatoms. The van der Waals surface area contributed by atoms with Gasteiger partial charge in [-0.3, -0.25) is 4.98 Å². The number of aryl methyl sites for hydroxylation is 2. The molecule has 0 bridgehead atoms. The Labute approximate surface area is 144 Å². The summed E-state index contributed by atoms with van der Waals surface area (Å²) < 4.78 is 12.8. The largest absolute Gasteiger partial charge is 0.496 e. The van der Waals surface area contributed by atoms with Gasteiger partial charge in [-0.1, -0.05) is 13.8 Å². The summed E-state index contributed by atoms with van der Waals surface area (Å²) in [5.74, 6) is 2.05. The van der Waals surface area contributed by atoms with Gasteiger partial charge in [0.15, 0.2) is 0 Å². The predicted molar refractivity (Wildman–Crippen MR) is 94.7 cm³/mol. The molecule has 0 spiro atoms. The van der Waals surface area contributed by atoms with Crippen molar-refractivity contribution in [2.24, 2.45) is 7.05 Å². The van der Waals surface area contributed by atoms with Crippen LogP contribution in [0.2, 0.25) is 0 Å². The third-order valence-corrected chi connectivity index (χ3v) is 4.20. The van der Waals surface area contributed by atoms with E-state index in [1.807, 2.05) is 27.1 Å². The van der Waals surface area contributed by atoms with E-state index < -0.39 is 0 Å². The fourth-order valence-corrected chi connectivity index (χ4v) is 3.01. The van der Waals surface area contributed by atoms with E-state index in [2.05, 4.69) is 29.2 Å². The van der Waals surface area contributed by atoms with Crippen molar-refractivity contribution >= 4 is 0 Å². The normalized spacial score (nSPS) is 11.2. The maximum absolute atomic E-state index is 5.51.